The van der Waals surface area contributed by atoms with Crippen LogP contribution in [0.25, 0.3) is 0 Å². The maximum Gasteiger partial charge on any atom is 0.239 e. The first-order chi connectivity index (χ1) is 11.1. The van der Waals surface area contributed by atoms with Crippen molar-refractivity contribution in [2.45, 2.75) is 56.8 Å². The summed E-state index contributed by atoms with van der Waals surface area (Å²) >= 11 is 0. The van der Waals surface area contributed by atoms with Crippen LogP contribution in [0.1, 0.15) is 38.5 Å². The van der Waals surface area contributed by atoms with E-state index in [1.807, 2.05) is 19.0 Å². The van der Waals surface area contributed by atoms with E-state index in [-0.39, 0.29) is 24.2 Å². The highest BCUT2D eigenvalue weighted by Gasteiger charge is 2.34. The monoisotopic (exact) mass is 325 g/mol. The van der Waals surface area contributed by atoms with Crippen LogP contribution in [0.3, 0.4) is 0 Å². The highest BCUT2D eigenvalue weighted by Crippen LogP contribution is 2.24. The minimum absolute atomic E-state index is 0.0322. The topological polar surface area (TPSA) is 68.9 Å². The van der Waals surface area contributed by atoms with Gasteiger partial charge in [-0.2, -0.15) is 5.48 Å². The summed E-state index contributed by atoms with van der Waals surface area (Å²) in [7, 11) is 3.91. The molecule has 0 radical (unpaired) electrons. The molecule has 3 rings (SSSR count). The van der Waals surface area contributed by atoms with Crippen molar-refractivity contribution < 1.29 is 9.63 Å². The molecule has 3 unspecified atom stereocenters. The zero-order chi connectivity index (χ0) is 16.2. The van der Waals surface area contributed by atoms with Crippen molar-refractivity contribution in [2.75, 3.05) is 33.7 Å². The van der Waals surface area contributed by atoms with Crippen molar-refractivity contribution in [2.24, 2.45) is 5.92 Å². The fourth-order valence-electron chi connectivity index (χ4n) is 3.79. The van der Waals surface area contributed by atoms with Gasteiger partial charge in [-0.15, -0.1) is 0 Å². The molecule has 23 heavy (non-hydrogen) atoms. The Morgan fingerprint density at radius 2 is 2.09 bits per heavy atom. The third-order valence-corrected chi connectivity index (χ3v) is 5.23. The van der Waals surface area contributed by atoms with E-state index in [2.05, 4.69) is 21.2 Å². The van der Waals surface area contributed by atoms with Gasteiger partial charge in [-0.1, -0.05) is 19.3 Å². The predicted molar refractivity (Wildman–Crippen MR) is 88.2 cm³/mol. The normalized spacial score (nSPS) is 33.4. The van der Waals surface area contributed by atoms with E-state index >= 15 is 0 Å². The molecule has 2 aliphatic heterocycles. The van der Waals surface area contributed by atoms with Gasteiger partial charge in [0.05, 0.1) is 6.04 Å². The van der Waals surface area contributed by atoms with Crippen molar-refractivity contribution in [1.29, 1.82) is 0 Å². The highest BCUT2D eigenvalue weighted by atomic mass is 16.7. The van der Waals surface area contributed by atoms with E-state index in [1.54, 1.807) is 0 Å². The summed E-state index contributed by atoms with van der Waals surface area (Å²) in [5.74, 6) is 0.858. The molecule has 3 fully saturated rings. The lowest BCUT2D eigenvalue weighted by molar-refractivity contribution is -0.125. The van der Waals surface area contributed by atoms with Crippen LogP contribution in [-0.2, 0) is 9.63 Å². The second-order valence-corrected chi connectivity index (χ2v) is 7.42. The maximum absolute atomic E-state index is 12.3. The zero-order valence-electron chi connectivity index (χ0n) is 14.4. The summed E-state index contributed by atoms with van der Waals surface area (Å²) in [4.78, 5) is 19.7. The predicted octanol–water partition coefficient (Wildman–Crippen LogP) is 0.0529. The minimum atomic E-state index is -0.255. The summed E-state index contributed by atoms with van der Waals surface area (Å²) in [5, 5.41) is 5.44. The number of nitrogens with zero attached hydrogens (tertiary/aromatic N) is 2. The maximum atomic E-state index is 12.3. The summed E-state index contributed by atoms with van der Waals surface area (Å²) in [6, 6.07) is -0.0684. The van der Waals surface area contributed by atoms with E-state index in [4.69, 9.17) is 4.84 Å². The molecule has 1 saturated carbocycles. The molecule has 0 bridgehead atoms. The molecule has 2 heterocycles. The molecule has 3 atom stereocenters. The summed E-state index contributed by atoms with van der Waals surface area (Å²) in [6.07, 6.45) is 7.50. The number of carbonyl (C=O) groups is 1. The summed E-state index contributed by atoms with van der Waals surface area (Å²) in [5.41, 5.74) is 6.29. The number of nitrogens with one attached hydrogen (secondary N) is 3. The average Bonchev–Trinajstić information content (AvgIpc) is 3.18. The first-order valence-electron chi connectivity index (χ1n) is 8.98. The van der Waals surface area contributed by atoms with E-state index in [0.29, 0.717) is 6.42 Å². The molecule has 132 valence electrons. The van der Waals surface area contributed by atoms with Gasteiger partial charge in [0, 0.05) is 26.1 Å². The summed E-state index contributed by atoms with van der Waals surface area (Å²) < 4.78 is 0. The highest BCUT2D eigenvalue weighted by molar-refractivity contribution is 5.82. The number of carbonyl (C=O) groups excluding carboxylic acids is 1. The molecular formula is C16H31N5O2. The first-order valence-corrected chi connectivity index (χ1v) is 8.98. The Labute approximate surface area is 139 Å². The van der Waals surface area contributed by atoms with Gasteiger partial charge < -0.3 is 5.32 Å². The van der Waals surface area contributed by atoms with Gasteiger partial charge in [-0.3, -0.25) is 20.0 Å². The average molecular weight is 325 g/mol. The van der Waals surface area contributed by atoms with Crippen molar-refractivity contribution >= 4 is 5.91 Å². The fourth-order valence-corrected chi connectivity index (χ4v) is 3.79. The Bertz CT molecular complexity index is 400. The van der Waals surface area contributed by atoms with Crippen molar-refractivity contribution in [1.82, 2.24) is 26.1 Å². The van der Waals surface area contributed by atoms with Crippen LogP contribution < -0.4 is 16.2 Å². The van der Waals surface area contributed by atoms with Gasteiger partial charge in [0.25, 0.3) is 0 Å². The summed E-state index contributed by atoms with van der Waals surface area (Å²) in [6.45, 7) is 2.83. The van der Waals surface area contributed by atoms with Crippen LogP contribution in [0, 0.1) is 5.92 Å². The lowest BCUT2D eigenvalue weighted by Crippen LogP contribution is -2.47. The molecule has 0 aromatic heterocycles. The first kappa shape index (κ1) is 17.1. The Hall–Kier alpha value is -0.730. The molecule has 0 aromatic carbocycles. The molecule has 7 heteroatoms. The number of hydrogen-bond acceptors (Lipinski definition) is 6. The van der Waals surface area contributed by atoms with Crippen LogP contribution in [0.5, 0.6) is 0 Å². The minimum Gasteiger partial charge on any atom is -0.349 e. The van der Waals surface area contributed by atoms with Gasteiger partial charge in [-0.25, -0.2) is 5.01 Å². The van der Waals surface area contributed by atoms with E-state index in [0.717, 1.165) is 25.6 Å². The second kappa shape index (κ2) is 7.90. The van der Waals surface area contributed by atoms with Crippen molar-refractivity contribution in [3.8, 4) is 0 Å². The quantitative estimate of drug-likeness (QED) is 0.664. The number of rotatable bonds is 5. The number of hydrogen-bond donors (Lipinski definition) is 3. The lowest BCUT2D eigenvalue weighted by Gasteiger charge is -2.26. The van der Waals surface area contributed by atoms with Crippen molar-refractivity contribution in [3.63, 3.8) is 0 Å². The Kier molecular flexibility index (Phi) is 5.87. The van der Waals surface area contributed by atoms with Crippen LogP contribution in [0.2, 0.25) is 0 Å². The van der Waals surface area contributed by atoms with Crippen LogP contribution in [0.4, 0.5) is 0 Å². The largest absolute Gasteiger partial charge is 0.349 e. The number of amides is 1. The molecule has 3 aliphatic rings. The van der Waals surface area contributed by atoms with Gasteiger partial charge in [0.1, 0.15) is 12.3 Å². The van der Waals surface area contributed by atoms with Crippen LogP contribution in [0.15, 0.2) is 0 Å². The van der Waals surface area contributed by atoms with Crippen molar-refractivity contribution in [3.05, 3.63) is 0 Å². The molecule has 1 aliphatic carbocycles. The van der Waals surface area contributed by atoms with E-state index in [1.165, 1.54) is 32.1 Å². The molecule has 1 amide bonds. The number of hydrazine groups is 1. The van der Waals surface area contributed by atoms with Gasteiger partial charge in [0.15, 0.2) is 0 Å². The van der Waals surface area contributed by atoms with Gasteiger partial charge in [-0.05, 0) is 32.9 Å². The SMILES string of the molecule is CN(C)C1CC(C(=O)NC2CNN(CC3CCCCC3)C2)NO1. The molecule has 7 nitrogen and oxygen atoms in total. The molecular weight excluding hydrogens is 294 g/mol. The molecule has 0 aromatic rings. The number of hydroxylamine groups is 1. The zero-order valence-corrected chi connectivity index (χ0v) is 14.4. The van der Waals surface area contributed by atoms with E-state index in [9.17, 15) is 4.79 Å². The standard InChI is InChI=1S/C16H31N5O2/c1-20(2)15-8-14(19-23-15)16(22)18-13-9-17-21(11-13)10-12-6-4-3-5-7-12/h12-15,17,19H,3-11H2,1-2H3,(H,18,22). The van der Waals surface area contributed by atoms with Crippen LogP contribution >= 0.6 is 0 Å². The third kappa shape index (κ3) is 4.64. The lowest BCUT2D eigenvalue weighted by atomic mass is 9.89. The Morgan fingerprint density at radius 3 is 2.78 bits per heavy atom. The molecule has 0 spiro atoms. The van der Waals surface area contributed by atoms with Gasteiger partial charge >= 0.3 is 0 Å². The smallest absolute Gasteiger partial charge is 0.239 e. The molecule has 3 N–H and O–H groups in total. The van der Waals surface area contributed by atoms with Gasteiger partial charge in [0.2, 0.25) is 5.91 Å². The van der Waals surface area contributed by atoms with Crippen LogP contribution in [-0.4, -0.2) is 67.9 Å². The van der Waals surface area contributed by atoms with E-state index < -0.39 is 0 Å². The Balaban J connectivity index is 1.38. The fraction of sp³-hybridized carbons (Fsp3) is 0.938. The second-order valence-electron chi connectivity index (χ2n) is 7.42. The third-order valence-electron chi connectivity index (χ3n) is 5.23. The molecule has 2 saturated heterocycles. The Morgan fingerprint density at radius 1 is 1.30 bits per heavy atom.